The van der Waals surface area contributed by atoms with Gasteiger partial charge < -0.3 is 5.32 Å². The average molecular weight is 482 g/mol. The van der Waals surface area contributed by atoms with E-state index < -0.39 is 0 Å². The summed E-state index contributed by atoms with van der Waals surface area (Å²) in [5.74, 6) is 0. The first-order valence-corrected chi connectivity index (χ1v) is 9.66. The van der Waals surface area contributed by atoms with E-state index in [1.807, 2.05) is 0 Å². The Hall–Kier alpha value is 0.320. The third-order valence-corrected chi connectivity index (χ3v) is 6.38. The number of halogens is 3. The van der Waals surface area contributed by atoms with E-state index in [1.54, 1.807) is 11.3 Å². The summed E-state index contributed by atoms with van der Waals surface area (Å²) >= 11 is 12.5. The van der Waals surface area contributed by atoms with E-state index in [4.69, 9.17) is 0 Å². The quantitative estimate of drug-likeness (QED) is 0.518. The van der Waals surface area contributed by atoms with Gasteiger partial charge in [0.25, 0.3) is 0 Å². The molecule has 1 aromatic carbocycles. The average Bonchev–Trinajstić information content (AvgIpc) is 2.73. The van der Waals surface area contributed by atoms with E-state index >= 15 is 0 Å². The van der Waals surface area contributed by atoms with Crippen molar-refractivity contribution in [2.24, 2.45) is 0 Å². The molecular weight excluding hydrogens is 466 g/mol. The van der Waals surface area contributed by atoms with E-state index in [-0.39, 0.29) is 6.04 Å². The van der Waals surface area contributed by atoms with Gasteiger partial charge in [-0.05, 0) is 80.6 Å². The van der Waals surface area contributed by atoms with Crippen LogP contribution in [0.5, 0.6) is 0 Å². The normalized spacial score (nSPS) is 12.7. The third kappa shape index (κ3) is 3.95. The second-order valence-corrected chi connectivity index (χ2v) is 9.28. The van der Waals surface area contributed by atoms with Crippen LogP contribution in [0.2, 0.25) is 0 Å². The van der Waals surface area contributed by atoms with Crippen LogP contribution in [-0.2, 0) is 0 Å². The lowest BCUT2D eigenvalue weighted by atomic mass is 9.99. The van der Waals surface area contributed by atoms with E-state index in [1.165, 1.54) is 20.5 Å². The number of benzene rings is 1. The molecule has 1 N–H and O–H groups in total. The zero-order chi connectivity index (χ0) is 14.7. The molecule has 0 aliphatic carbocycles. The summed E-state index contributed by atoms with van der Waals surface area (Å²) in [6.45, 7) is 5.32. The van der Waals surface area contributed by atoms with Crippen molar-refractivity contribution in [2.75, 3.05) is 6.54 Å². The molecule has 0 fully saturated rings. The molecule has 20 heavy (non-hydrogen) atoms. The Kier molecular flexibility index (Phi) is 6.29. The minimum Gasteiger partial charge on any atom is -0.306 e. The van der Waals surface area contributed by atoms with Crippen molar-refractivity contribution in [1.82, 2.24) is 5.32 Å². The molecule has 5 heteroatoms. The Bertz CT molecular complexity index is 595. The zero-order valence-corrected chi connectivity index (χ0v) is 16.9. The summed E-state index contributed by atoms with van der Waals surface area (Å²) in [4.78, 5) is 0. The van der Waals surface area contributed by atoms with Crippen molar-refractivity contribution < 1.29 is 0 Å². The number of hydrogen-bond acceptors (Lipinski definition) is 2. The molecular formula is C15H16Br3NS. The fourth-order valence-corrected chi connectivity index (χ4v) is 5.24. The van der Waals surface area contributed by atoms with Crippen LogP contribution in [0.1, 0.15) is 36.1 Å². The van der Waals surface area contributed by atoms with Gasteiger partial charge in [0.1, 0.15) is 0 Å². The van der Waals surface area contributed by atoms with E-state index in [0.717, 1.165) is 21.2 Å². The minimum absolute atomic E-state index is 0.221. The van der Waals surface area contributed by atoms with Crippen LogP contribution < -0.4 is 5.32 Å². The highest BCUT2D eigenvalue weighted by Crippen LogP contribution is 2.38. The standard InChI is InChI=1S/C15H16Br3NS/c1-3-6-19-14(11-8-13(17)20-15(11)18)10-4-5-12(16)9(2)7-10/h4-5,7-8,14,19H,3,6H2,1-2H3. The summed E-state index contributed by atoms with van der Waals surface area (Å²) in [6.07, 6.45) is 1.12. The van der Waals surface area contributed by atoms with Crippen molar-refractivity contribution in [3.8, 4) is 0 Å². The fourth-order valence-electron chi connectivity index (χ4n) is 2.09. The molecule has 1 nitrogen and oxygen atoms in total. The van der Waals surface area contributed by atoms with Crippen LogP contribution in [0.25, 0.3) is 0 Å². The molecule has 2 aromatic rings. The Labute approximate surface area is 149 Å². The zero-order valence-electron chi connectivity index (χ0n) is 11.3. The van der Waals surface area contributed by atoms with Gasteiger partial charge in [-0.25, -0.2) is 0 Å². The number of hydrogen-bond donors (Lipinski definition) is 1. The number of rotatable bonds is 5. The third-order valence-electron chi connectivity index (χ3n) is 3.11. The Balaban J connectivity index is 2.41. The first-order valence-electron chi connectivity index (χ1n) is 6.47. The van der Waals surface area contributed by atoms with Gasteiger partial charge in [0.15, 0.2) is 0 Å². The molecule has 0 saturated carbocycles. The van der Waals surface area contributed by atoms with Gasteiger partial charge in [0.2, 0.25) is 0 Å². The van der Waals surface area contributed by atoms with Gasteiger partial charge in [-0.3, -0.25) is 0 Å². The predicted octanol–water partition coefficient (Wildman–Crippen LogP) is 6.43. The molecule has 0 radical (unpaired) electrons. The van der Waals surface area contributed by atoms with Crippen molar-refractivity contribution >= 4 is 59.1 Å². The topological polar surface area (TPSA) is 12.0 Å². The smallest absolute Gasteiger partial charge is 0.0761 e. The highest BCUT2D eigenvalue weighted by molar-refractivity contribution is 9.12. The maximum absolute atomic E-state index is 3.68. The Morgan fingerprint density at radius 1 is 1.20 bits per heavy atom. The second-order valence-electron chi connectivity index (χ2n) is 4.68. The second kappa shape index (κ2) is 7.54. The predicted molar refractivity (Wildman–Crippen MR) is 98.7 cm³/mol. The molecule has 1 atom stereocenters. The molecule has 0 spiro atoms. The van der Waals surface area contributed by atoms with Crippen molar-refractivity contribution in [2.45, 2.75) is 26.3 Å². The highest BCUT2D eigenvalue weighted by Gasteiger charge is 2.19. The summed E-state index contributed by atoms with van der Waals surface area (Å²) in [5.41, 5.74) is 3.85. The molecule has 108 valence electrons. The summed E-state index contributed by atoms with van der Waals surface area (Å²) < 4.78 is 3.48. The van der Waals surface area contributed by atoms with Crippen molar-refractivity contribution in [3.05, 3.63) is 53.0 Å². The molecule has 2 rings (SSSR count). The maximum atomic E-state index is 3.68. The van der Waals surface area contributed by atoms with E-state index in [2.05, 4.69) is 91.2 Å². The number of thiophene rings is 1. The van der Waals surface area contributed by atoms with E-state index in [0.29, 0.717) is 0 Å². The summed E-state index contributed by atoms with van der Waals surface area (Å²) in [5, 5.41) is 3.64. The maximum Gasteiger partial charge on any atom is 0.0761 e. The number of aryl methyl sites for hydroxylation is 1. The van der Waals surface area contributed by atoms with Crippen LogP contribution in [-0.4, -0.2) is 6.54 Å². The highest BCUT2D eigenvalue weighted by atomic mass is 79.9. The Morgan fingerprint density at radius 2 is 1.95 bits per heavy atom. The fraction of sp³-hybridized carbons (Fsp3) is 0.333. The Morgan fingerprint density at radius 3 is 2.50 bits per heavy atom. The van der Waals surface area contributed by atoms with Gasteiger partial charge in [-0.1, -0.05) is 35.0 Å². The van der Waals surface area contributed by atoms with Gasteiger partial charge >= 0.3 is 0 Å². The number of nitrogens with one attached hydrogen (secondary N) is 1. The minimum atomic E-state index is 0.221. The van der Waals surface area contributed by atoms with Gasteiger partial charge in [0.05, 0.1) is 13.6 Å². The lowest BCUT2D eigenvalue weighted by molar-refractivity contribution is 0.598. The van der Waals surface area contributed by atoms with Crippen LogP contribution >= 0.6 is 59.1 Å². The SMILES string of the molecule is CCCNC(c1ccc(Br)c(C)c1)c1cc(Br)sc1Br. The summed E-state index contributed by atoms with van der Waals surface area (Å²) in [7, 11) is 0. The van der Waals surface area contributed by atoms with Crippen molar-refractivity contribution in [1.29, 1.82) is 0 Å². The first-order chi connectivity index (χ1) is 9.52. The van der Waals surface area contributed by atoms with Crippen LogP contribution in [0.3, 0.4) is 0 Å². The molecule has 0 aliphatic rings. The molecule has 1 heterocycles. The van der Waals surface area contributed by atoms with Crippen LogP contribution in [0.15, 0.2) is 36.3 Å². The van der Waals surface area contributed by atoms with Gasteiger partial charge in [-0.15, -0.1) is 11.3 Å². The van der Waals surface area contributed by atoms with Crippen LogP contribution in [0.4, 0.5) is 0 Å². The van der Waals surface area contributed by atoms with Crippen molar-refractivity contribution in [3.63, 3.8) is 0 Å². The lowest BCUT2D eigenvalue weighted by Gasteiger charge is -2.19. The monoisotopic (exact) mass is 479 g/mol. The van der Waals surface area contributed by atoms with E-state index in [9.17, 15) is 0 Å². The first kappa shape index (κ1) is 16.7. The van der Waals surface area contributed by atoms with Gasteiger partial charge in [0, 0.05) is 4.47 Å². The summed E-state index contributed by atoms with van der Waals surface area (Å²) in [6, 6.07) is 8.97. The van der Waals surface area contributed by atoms with Gasteiger partial charge in [-0.2, -0.15) is 0 Å². The molecule has 1 aromatic heterocycles. The molecule has 0 bridgehead atoms. The lowest BCUT2D eigenvalue weighted by Crippen LogP contribution is -2.23. The molecule has 0 aliphatic heterocycles. The molecule has 1 unspecified atom stereocenters. The largest absolute Gasteiger partial charge is 0.306 e. The van der Waals surface area contributed by atoms with Crippen LogP contribution in [0, 0.1) is 6.92 Å². The molecule has 0 saturated heterocycles. The molecule has 0 amide bonds.